The van der Waals surface area contributed by atoms with Gasteiger partial charge in [0.15, 0.2) is 6.23 Å². The number of primary amides is 1. The molecule has 0 aliphatic rings. The molecule has 0 aromatic carbocycles. The molecule has 4 N–H and O–H groups in total. The second-order valence-electron chi connectivity index (χ2n) is 1.44. The van der Waals surface area contributed by atoms with Gasteiger partial charge in [0.25, 0.3) is 6.47 Å². The van der Waals surface area contributed by atoms with Crippen molar-refractivity contribution in [2.75, 3.05) is 0 Å². The summed E-state index contributed by atoms with van der Waals surface area (Å²) >= 11 is 0. The fourth-order valence-corrected chi connectivity index (χ4v) is 0.318. The van der Waals surface area contributed by atoms with Crippen LogP contribution in [-0.4, -0.2) is 18.6 Å². The Bertz CT molecular complexity index is 114. The molecule has 5 heteroatoms. The molecule has 0 fully saturated rings. The highest BCUT2D eigenvalue weighted by molar-refractivity contribution is 5.74. The maximum Gasteiger partial charge on any atom is 0.294 e. The second-order valence-corrected chi connectivity index (χ2v) is 1.44. The molecule has 0 spiro atoms. The zero-order chi connectivity index (χ0) is 7.28. The Morgan fingerprint density at radius 2 is 2.33 bits per heavy atom. The Balaban J connectivity index is 3.37. The summed E-state index contributed by atoms with van der Waals surface area (Å²) in [5, 5.41) is 0. The fraction of sp³-hybridized carbons (Fsp3) is 0.500. The molecular formula is C4H8N2O3. The maximum atomic E-state index is 10.0. The average Bonchev–Trinajstić information content (AvgIpc) is 1.63. The minimum Gasteiger partial charge on any atom is -0.448 e. The highest BCUT2D eigenvalue weighted by atomic mass is 16.5. The van der Waals surface area contributed by atoms with Gasteiger partial charge in [-0.25, -0.2) is 0 Å². The molecule has 0 radical (unpaired) electrons. The molecule has 0 unspecified atom stereocenters. The molecule has 0 aromatic heterocycles. The summed E-state index contributed by atoms with van der Waals surface area (Å²) in [5.74, 6) is -0.593. The Hall–Kier alpha value is -1.10. The lowest BCUT2D eigenvalue weighted by atomic mass is 10.4. The van der Waals surface area contributed by atoms with Crippen LogP contribution in [0.3, 0.4) is 0 Å². The first-order chi connectivity index (χ1) is 4.16. The summed E-state index contributed by atoms with van der Waals surface area (Å²) in [5.41, 5.74) is 9.74. The summed E-state index contributed by atoms with van der Waals surface area (Å²) in [6.45, 7) is 0.174. The van der Waals surface area contributed by atoms with Crippen LogP contribution >= 0.6 is 0 Å². The van der Waals surface area contributed by atoms with Crippen molar-refractivity contribution >= 4 is 12.4 Å². The summed E-state index contributed by atoms with van der Waals surface area (Å²) in [6, 6.07) is 0. The molecule has 0 saturated heterocycles. The van der Waals surface area contributed by atoms with Gasteiger partial charge in [-0.15, -0.1) is 0 Å². The molecule has 5 nitrogen and oxygen atoms in total. The molecule has 0 heterocycles. The van der Waals surface area contributed by atoms with Crippen LogP contribution in [0.25, 0.3) is 0 Å². The van der Waals surface area contributed by atoms with Crippen LogP contribution in [0.15, 0.2) is 0 Å². The van der Waals surface area contributed by atoms with Gasteiger partial charge >= 0.3 is 0 Å². The van der Waals surface area contributed by atoms with Crippen molar-refractivity contribution in [2.45, 2.75) is 12.6 Å². The van der Waals surface area contributed by atoms with Gasteiger partial charge in [-0.3, -0.25) is 15.3 Å². The van der Waals surface area contributed by atoms with E-state index in [1.807, 2.05) is 0 Å². The van der Waals surface area contributed by atoms with Crippen LogP contribution in [-0.2, 0) is 14.3 Å². The number of carbonyl (C=O) groups excluding carboxylic acids is 2. The van der Waals surface area contributed by atoms with Gasteiger partial charge in [0.1, 0.15) is 0 Å². The minimum atomic E-state index is -0.903. The van der Waals surface area contributed by atoms with Gasteiger partial charge in [0, 0.05) is 0 Å². The zero-order valence-corrected chi connectivity index (χ0v) is 4.74. The van der Waals surface area contributed by atoms with Crippen molar-refractivity contribution in [3.05, 3.63) is 0 Å². The van der Waals surface area contributed by atoms with Gasteiger partial charge in [-0.1, -0.05) is 0 Å². The third kappa shape index (κ3) is 4.76. The molecule has 0 saturated carbocycles. The SMILES string of the molecule is NC(=O)C[C@@H](N)OC=O. The van der Waals surface area contributed by atoms with Crippen LogP contribution in [0.5, 0.6) is 0 Å². The predicted octanol–water partition coefficient (Wildman–Crippen LogP) is -1.68. The van der Waals surface area contributed by atoms with Gasteiger partial charge in [0.05, 0.1) is 6.42 Å². The summed E-state index contributed by atoms with van der Waals surface area (Å²) < 4.78 is 4.15. The normalized spacial score (nSPS) is 12.1. The highest BCUT2D eigenvalue weighted by Gasteiger charge is 2.04. The number of carbonyl (C=O) groups is 2. The Morgan fingerprint density at radius 3 is 2.67 bits per heavy atom. The smallest absolute Gasteiger partial charge is 0.294 e. The second kappa shape index (κ2) is 3.85. The van der Waals surface area contributed by atoms with E-state index in [9.17, 15) is 9.59 Å². The Morgan fingerprint density at radius 1 is 1.78 bits per heavy atom. The first-order valence-electron chi connectivity index (χ1n) is 2.30. The highest BCUT2D eigenvalue weighted by Crippen LogP contribution is 1.84. The van der Waals surface area contributed by atoms with E-state index in [-0.39, 0.29) is 12.9 Å². The standard InChI is InChI=1S/C4H8N2O3/c5-3(8)1-4(6)9-2-7/h2,4H,1,6H2,(H2,5,8)/t4-/m0/s1. The van der Waals surface area contributed by atoms with Crippen molar-refractivity contribution in [3.8, 4) is 0 Å². The maximum absolute atomic E-state index is 10.0. The van der Waals surface area contributed by atoms with Crippen LogP contribution in [0, 0.1) is 0 Å². The molecule has 1 atom stereocenters. The molecule has 1 amide bonds. The van der Waals surface area contributed by atoms with Crippen molar-refractivity contribution in [3.63, 3.8) is 0 Å². The van der Waals surface area contributed by atoms with E-state index in [0.29, 0.717) is 0 Å². The predicted molar refractivity (Wildman–Crippen MR) is 28.9 cm³/mol. The van der Waals surface area contributed by atoms with E-state index in [0.717, 1.165) is 0 Å². The van der Waals surface area contributed by atoms with Gasteiger partial charge in [-0.2, -0.15) is 0 Å². The molecule has 0 aliphatic carbocycles. The average molecular weight is 132 g/mol. The molecular weight excluding hydrogens is 124 g/mol. The van der Waals surface area contributed by atoms with E-state index in [4.69, 9.17) is 11.5 Å². The fourth-order valence-electron chi connectivity index (χ4n) is 0.318. The third-order valence-corrected chi connectivity index (χ3v) is 0.633. The topological polar surface area (TPSA) is 95.4 Å². The molecule has 0 bridgehead atoms. The van der Waals surface area contributed by atoms with Crippen molar-refractivity contribution in [1.82, 2.24) is 0 Å². The van der Waals surface area contributed by atoms with E-state index in [1.54, 1.807) is 0 Å². The van der Waals surface area contributed by atoms with Gasteiger partial charge < -0.3 is 10.5 Å². The van der Waals surface area contributed by atoms with Crippen LogP contribution in [0.1, 0.15) is 6.42 Å². The van der Waals surface area contributed by atoms with Gasteiger partial charge in [-0.05, 0) is 0 Å². The monoisotopic (exact) mass is 132 g/mol. The number of nitrogens with two attached hydrogens (primary N) is 2. The van der Waals surface area contributed by atoms with Crippen molar-refractivity contribution in [1.29, 1.82) is 0 Å². The lowest BCUT2D eigenvalue weighted by molar-refractivity contribution is -0.135. The number of rotatable bonds is 4. The number of ether oxygens (including phenoxy) is 1. The van der Waals surface area contributed by atoms with E-state index in [2.05, 4.69) is 4.74 Å². The summed E-state index contributed by atoms with van der Waals surface area (Å²) in [4.78, 5) is 19.6. The number of amides is 1. The molecule has 0 rings (SSSR count). The largest absolute Gasteiger partial charge is 0.448 e. The third-order valence-electron chi connectivity index (χ3n) is 0.633. The van der Waals surface area contributed by atoms with Crippen LogP contribution in [0.2, 0.25) is 0 Å². The molecule has 0 aromatic rings. The Kier molecular flexibility index (Phi) is 3.38. The van der Waals surface area contributed by atoms with Crippen molar-refractivity contribution in [2.24, 2.45) is 11.5 Å². The summed E-state index contributed by atoms with van der Waals surface area (Å²) in [7, 11) is 0. The molecule has 0 aliphatic heterocycles. The first kappa shape index (κ1) is 7.90. The molecule has 9 heavy (non-hydrogen) atoms. The number of hydrogen-bond donors (Lipinski definition) is 2. The zero-order valence-electron chi connectivity index (χ0n) is 4.74. The minimum absolute atomic E-state index is 0.140. The number of hydrogen-bond acceptors (Lipinski definition) is 4. The molecule has 52 valence electrons. The quantitative estimate of drug-likeness (QED) is 0.352. The summed E-state index contributed by atoms with van der Waals surface area (Å²) in [6.07, 6.45) is -1.04. The Labute approximate surface area is 52.0 Å². The van der Waals surface area contributed by atoms with Crippen LogP contribution < -0.4 is 11.5 Å². The van der Waals surface area contributed by atoms with E-state index >= 15 is 0 Å². The lowest BCUT2D eigenvalue weighted by Gasteiger charge is -2.04. The van der Waals surface area contributed by atoms with E-state index < -0.39 is 12.1 Å². The first-order valence-corrected chi connectivity index (χ1v) is 2.30. The van der Waals surface area contributed by atoms with E-state index in [1.165, 1.54) is 0 Å². The lowest BCUT2D eigenvalue weighted by Crippen LogP contribution is -2.29. The van der Waals surface area contributed by atoms with Crippen molar-refractivity contribution < 1.29 is 14.3 Å². The van der Waals surface area contributed by atoms with Gasteiger partial charge in [0.2, 0.25) is 5.91 Å². The van der Waals surface area contributed by atoms with Crippen LogP contribution in [0.4, 0.5) is 0 Å².